The van der Waals surface area contributed by atoms with Crippen molar-refractivity contribution < 1.29 is 4.74 Å². The van der Waals surface area contributed by atoms with E-state index in [1.165, 1.54) is 18.4 Å². The van der Waals surface area contributed by atoms with Gasteiger partial charge in [0.05, 0.1) is 6.10 Å². The Kier molecular flexibility index (Phi) is 2.99. The summed E-state index contributed by atoms with van der Waals surface area (Å²) < 4.78 is 5.51. The van der Waals surface area contributed by atoms with E-state index in [4.69, 9.17) is 4.74 Å². The van der Waals surface area contributed by atoms with E-state index in [9.17, 15) is 0 Å². The van der Waals surface area contributed by atoms with E-state index < -0.39 is 0 Å². The molecule has 3 nitrogen and oxygen atoms in total. The minimum atomic E-state index is 0.373. The molecule has 1 N–H and O–H groups in total. The van der Waals surface area contributed by atoms with Crippen LogP contribution >= 0.6 is 0 Å². The van der Waals surface area contributed by atoms with Crippen LogP contribution in [-0.2, 0) is 4.74 Å². The number of pyridine rings is 1. The maximum atomic E-state index is 5.51. The lowest BCUT2D eigenvalue weighted by Gasteiger charge is -2.10. The summed E-state index contributed by atoms with van der Waals surface area (Å²) in [6.45, 7) is 3.82. The fourth-order valence-electron chi connectivity index (χ4n) is 1.60. The second kappa shape index (κ2) is 4.42. The van der Waals surface area contributed by atoms with Gasteiger partial charge in [-0.3, -0.25) is 0 Å². The van der Waals surface area contributed by atoms with Crippen molar-refractivity contribution in [1.29, 1.82) is 0 Å². The Morgan fingerprint density at radius 1 is 1.57 bits per heavy atom. The van der Waals surface area contributed by atoms with Crippen LogP contribution in [0.4, 0.5) is 5.82 Å². The predicted molar refractivity (Wildman–Crippen MR) is 56.4 cm³/mol. The maximum Gasteiger partial charge on any atom is 0.125 e. The molecule has 3 heteroatoms. The Labute approximate surface area is 84.5 Å². The number of nitrogens with one attached hydrogen (secondary N) is 1. The number of nitrogens with zero attached hydrogens (tertiary/aromatic N) is 1. The first kappa shape index (κ1) is 9.46. The molecule has 1 aliphatic rings. The molecular weight excluding hydrogens is 176 g/mol. The van der Waals surface area contributed by atoms with Gasteiger partial charge >= 0.3 is 0 Å². The topological polar surface area (TPSA) is 34.1 Å². The molecule has 1 atom stereocenters. The average molecular weight is 192 g/mol. The fourth-order valence-corrected chi connectivity index (χ4v) is 1.60. The van der Waals surface area contributed by atoms with Gasteiger partial charge in [-0.2, -0.15) is 0 Å². The van der Waals surface area contributed by atoms with Crippen LogP contribution in [0.5, 0.6) is 0 Å². The van der Waals surface area contributed by atoms with E-state index in [1.807, 2.05) is 19.2 Å². The number of rotatable bonds is 3. The molecule has 0 radical (unpaired) electrons. The highest BCUT2D eigenvalue weighted by Gasteiger charge is 2.14. The van der Waals surface area contributed by atoms with Crippen molar-refractivity contribution in [1.82, 2.24) is 4.98 Å². The summed E-state index contributed by atoms with van der Waals surface area (Å²) in [6.07, 6.45) is 4.60. The number of anilines is 1. The zero-order chi connectivity index (χ0) is 9.80. The lowest BCUT2D eigenvalue weighted by molar-refractivity contribution is 0.120. The van der Waals surface area contributed by atoms with Crippen LogP contribution in [0.1, 0.15) is 18.4 Å². The molecule has 0 saturated carbocycles. The standard InChI is InChI=1S/C11H16N2O/c1-9-4-5-11(12-7-9)13-8-10-3-2-6-14-10/h4-5,7,10H,2-3,6,8H2,1H3,(H,12,13). The number of aryl methyl sites for hydroxylation is 1. The zero-order valence-electron chi connectivity index (χ0n) is 8.49. The lowest BCUT2D eigenvalue weighted by atomic mass is 10.2. The second-order valence-electron chi connectivity index (χ2n) is 3.74. The summed E-state index contributed by atoms with van der Waals surface area (Å²) in [5.74, 6) is 0.936. The van der Waals surface area contributed by atoms with Gasteiger partial charge in [0.25, 0.3) is 0 Å². The third-order valence-electron chi connectivity index (χ3n) is 2.45. The first-order valence-electron chi connectivity index (χ1n) is 5.13. The van der Waals surface area contributed by atoms with Crippen LogP contribution < -0.4 is 5.32 Å². The van der Waals surface area contributed by atoms with E-state index in [0.29, 0.717) is 6.10 Å². The van der Waals surface area contributed by atoms with Crippen LogP contribution in [0.25, 0.3) is 0 Å². The fraction of sp³-hybridized carbons (Fsp3) is 0.545. The second-order valence-corrected chi connectivity index (χ2v) is 3.74. The predicted octanol–water partition coefficient (Wildman–Crippen LogP) is 1.98. The summed E-state index contributed by atoms with van der Waals surface area (Å²) in [5.41, 5.74) is 1.19. The van der Waals surface area contributed by atoms with Crippen molar-refractivity contribution in [2.45, 2.75) is 25.9 Å². The quantitative estimate of drug-likeness (QED) is 0.795. The largest absolute Gasteiger partial charge is 0.376 e. The Morgan fingerprint density at radius 2 is 2.50 bits per heavy atom. The van der Waals surface area contributed by atoms with Gasteiger partial charge < -0.3 is 10.1 Å². The smallest absolute Gasteiger partial charge is 0.125 e. The van der Waals surface area contributed by atoms with Crippen molar-refractivity contribution in [2.75, 3.05) is 18.5 Å². The molecular formula is C11H16N2O. The molecule has 2 heterocycles. The van der Waals surface area contributed by atoms with Crippen LogP contribution in [-0.4, -0.2) is 24.2 Å². The highest BCUT2D eigenvalue weighted by atomic mass is 16.5. The van der Waals surface area contributed by atoms with E-state index >= 15 is 0 Å². The van der Waals surface area contributed by atoms with Gasteiger partial charge in [0.15, 0.2) is 0 Å². The lowest BCUT2D eigenvalue weighted by Crippen LogP contribution is -2.18. The molecule has 0 amide bonds. The van der Waals surface area contributed by atoms with Crippen molar-refractivity contribution in [3.05, 3.63) is 23.9 Å². The van der Waals surface area contributed by atoms with Gasteiger partial charge in [-0.05, 0) is 31.4 Å². The van der Waals surface area contributed by atoms with Gasteiger partial charge in [-0.25, -0.2) is 4.98 Å². The highest BCUT2D eigenvalue weighted by molar-refractivity contribution is 5.35. The maximum absolute atomic E-state index is 5.51. The molecule has 1 aromatic heterocycles. The minimum Gasteiger partial charge on any atom is -0.376 e. The van der Waals surface area contributed by atoms with Gasteiger partial charge in [0, 0.05) is 19.3 Å². The number of aromatic nitrogens is 1. The number of hydrogen-bond donors (Lipinski definition) is 1. The molecule has 76 valence electrons. The number of ether oxygens (including phenoxy) is 1. The van der Waals surface area contributed by atoms with Crippen molar-refractivity contribution in [2.24, 2.45) is 0 Å². The third-order valence-corrected chi connectivity index (χ3v) is 2.45. The Hall–Kier alpha value is -1.09. The summed E-state index contributed by atoms with van der Waals surface area (Å²) in [6, 6.07) is 4.06. The first-order chi connectivity index (χ1) is 6.84. The van der Waals surface area contributed by atoms with Gasteiger partial charge in [0.2, 0.25) is 0 Å². The van der Waals surface area contributed by atoms with Crippen LogP contribution in [0.3, 0.4) is 0 Å². The van der Waals surface area contributed by atoms with E-state index in [1.54, 1.807) is 0 Å². The van der Waals surface area contributed by atoms with Gasteiger partial charge in [-0.1, -0.05) is 6.07 Å². The van der Waals surface area contributed by atoms with E-state index in [-0.39, 0.29) is 0 Å². The molecule has 1 unspecified atom stereocenters. The van der Waals surface area contributed by atoms with E-state index in [0.717, 1.165) is 19.0 Å². The molecule has 0 aromatic carbocycles. The molecule has 0 aliphatic carbocycles. The molecule has 2 rings (SSSR count). The molecule has 1 saturated heterocycles. The Bertz CT molecular complexity index is 278. The van der Waals surface area contributed by atoms with Crippen molar-refractivity contribution >= 4 is 5.82 Å². The molecule has 1 fully saturated rings. The first-order valence-corrected chi connectivity index (χ1v) is 5.13. The van der Waals surface area contributed by atoms with E-state index in [2.05, 4.69) is 16.4 Å². The minimum absolute atomic E-state index is 0.373. The molecule has 1 aromatic rings. The average Bonchev–Trinajstić information content (AvgIpc) is 2.70. The Balaban J connectivity index is 1.82. The normalized spacial score (nSPS) is 21.1. The summed E-state index contributed by atoms with van der Waals surface area (Å²) in [5, 5.41) is 3.28. The zero-order valence-corrected chi connectivity index (χ0v) is 8.49. The monoisotopic (exact) mass is 192 g/mol. The third kappa shape index (κ3) is 2.45. The molecule has 14 heavy (non-hydrogen) atoms. The molecule has 1 aliphatic heterocycles. The van der Waals surface area contributed by atoms with Crippen molar-refractivity contribution in [3.63, 3.8) is 0 Å². The van der Waals surface area contributed by atoms with Crippen LogP contribution in [0, 0.1) is 6.92 Å². The molecule has 0 bridgehead atoms. The summed E-state index contributed by atoms with van der Waals surface area (Å²) in [4.78, 5) is 4.27. The SMILES string of the molecule is Cc1ccc(NCC2CCCO2)nc1. The summed E-state index contributed by atoms with van der Waals surface area (Å²) >= 11 is 0. The summed E-state index contributed by atoms with van der Waals surface area (Å²) in [7, 11) is 0. The van der Waals surface area contributed by atoms with Crippen molar-refractivity contribution in [3.8, 4) is 0 Å². The van der Waals surface area contributed by atoms with Gasteiger partial charge in [-0.15, -0.1) is 0 Å². The highest BCUT2D eigenvalue weighted by Crippen LogP contribution is 2.12. The number of hydrogen-bond acceptors (Lipinski definition) is 3. The Morgan fingerprint density at radius 3 is 3.14 bits per heavy atom. The van der Waals surface area contributed by atoms with Crippen LogP contribution in [0.2, 0.25) is 0 Å². The van der Waals surface area contributed by atoms with Gasteiger partial charge in [0.1, 0.15) is 5.82 Å². The van der Waals surface area contributed by atoms with Crippen LogP contribution in [0.15, 0.2) is 18.3 Å². The molecule has 0 spiro atoms.